The number of carbonyl (C=O) groups is 1. The van der Waals surface area contributed by atoms with Crippen LogP contribution in [0, 0.1) is 17.2 Å². The zero-order valence-electron chi connectivity index (χ0n) is 21.0. The second kappa shape index (κ2) is 12.2. The maximum atomic E-state index is 13.0. The summed E-state index contributed by atoms with van der Waals surface area (Å²) in [5, 5.41) is 9.99. The highest BCUT2D eigenvalue weighted by Crippen LogP contribution is 2.29. The fourth-order valence-electron chi connectivity index (χ4n) is 4.30. The average molecular weight is 484 g/mol. The molecule has 2 heterocycles. The zero-order valence-corrected chi connectivity index (χ0v) is 21.0. The fourth-order valence-corrected chi connectivity index (χ4v) is 4.30. The van der Waals surface area contributed by atoms with Crippen LogP contribution in [0.4, 0.5) is 5.82 Å². The summed E-state index contributed by atoms with van der Waals surface area (Å²) < 4.78 is 5.57. The number of carbonyl (C=O) groups excluding carboxylic acids is 1. The number of rotatable bonds is 9. The van der Waals surface area contributed by atoms with Gasteiger partial charge in [-0.1, -0.05) is 69.2 Å². The Labute approximate surface area is 213 Å². The predicted octanol–water partition coefficient (Wildman–Crippen LogP) is 5.01. The summed E-state index contributed by atoms with van der Waals surface area (Å²) in [4.78, 5) is 27.0. The number of fused-ring (bicyclic) bond motifs is 1. The molecular weight excluding hydrogens is 450 g/mol. The molecule has 1 aliphatic rings. The minimum atomic E-state index is -1.12. The normalized spacial score (nSPS) is 14.8. The molecule has 1 saturated heterocycles. The smallest absolute Gasteiger partial charge is 0.329 e. The molecule has 1 aromatic heterocycles. The third-order valence-corrected chi connectivity index (χ3v) is 6.72. The van der Waals surface area contributed by atoms with Crippen LogP contribution in [0.15, 0.2) is 60.8 Å². The molecule has 7 nitrogen and oxygen atoms in total. The van der Waals surface area contributed by atoms with Gasteiger partial charge in [0.15, 0.2) is 11.7 Å². The second-order valence-electron chi connectivity index (χ2n) is 9.05. The van der Waals surface area contributed by atoms with Crippen LogP contribution in [0.5, 0.6) is 0 Å². The molecule has 0 bridgehead atoms. The number of nitriles is 1. The number of nitrogens with zero attached hydrogens (tertiary/aromatic N) is 5. The van der Waals surface area contributed by atoms with Crippen molar-refractivity contribution in [1.29, 1.82) is 5.26 Å². The first-order valence-electron chi connectivity index (χ1n) is 12.7. The van der Waals surface area contributed by atoms with Crippen molar-refractivity contribution in [3.8, 4) is 6.07 Å². The van der Waals surface area contributed by atoms with Crippen molar-refractivity contribution < 1.29 is 9.53 Å². The molecule has 1 aliphatic heterocycles. The molecule has 2 aromatic carbocycles. The first-order valence-corrected chi connectivity index (χ1v) is 12.7. The number of hydrogen-bond acceptors (Lipinski definition) is 7. The van der Waals surface area contributed by atoms with Crippen molar-refractivity contribution in [2.75, 3.05) is 37.7 Å². The molecule has 1 unspecified atom stereocenters. The van der Waals surface area contributed by atoms with Crippen molar-refractivity contribution in [2.45, 2.75) is 32.6 Å². The van der Waals surface area contributed by atoms with Gasteiger partial charge in [0.25, 0.3) is 0 Å². The summed E-state index contributed by atoms with van der Waals surface area (Å²) in [5.74, 6) is -0.805. The lowest BCUT2D eigenvalue weighted by molar-refractivity contribution is -0.145. The van der Waals surface area contributed by atoms with Crippen LogP contribution in [0.3, 0.4) is 0 Å². The van der Waals surface area contributed by atoms with E-state index in [1.165, 1.54) is 0 Å². The van der Waals surface area contributed by atoms with Gasteiger partial charge in [-0.3, -0.25) is 4.79 Å². The Morgan fingerprint density at radius 1 is 1.00 bits per heavy atom. The number of para-hydroxylation sites is 2. The molecule has 0 saturated carbocycles. The van der Waals surface area contributed by atoms with Gasteiger partial charge in [0.2, 0.25) is 0 Å². The van der Waals surface area contributed by atoms with Gasteiger partial charge in [-0.05, 0) is 35.9 Å². The molecule has 0 radical (unpaired) electrons. The standard InChI is InChI=1S/C29H33N5O2/c1-3-22(4-2)21-36-29(35)24(20-30)27-28(32-26-13-9-8-12-25(26)31-27)34-18-16-33(17-19-34)15-14-23-10-6-5-7-11-23/h5-15,22,24H,3-4,16-19,21H2,1-2H3. The van der Waals surface area contributed by atoms with Crippen molar-refractivity contribution in [3.63, 3.8) is 0 Å². The van der Waals surface area contributed by atoms with Crippen LogP contribution in [0.2, 0.25) is 0 Å². The number of piperazine rings is 1. The summed E-state index contributed by atoms with van der Waals surface area (Å²) in [6, 6.07) is 19.9. The first-order chi connectivity index (χ1) is 17.6. The van der Waals surface area contributed by atoms with Crippen LogP contribution in [0.25, 0.3) is 17.1 Å². The Balaban J connectivity index is 1.55. The second-order valence-corrected chi connectivity index (χ2v) is 9.05. The number of hydrogen-bond donors (Lipinski definition) is 0. The van der Waals surface area contributed by atoms with Crippen molar-refractivity contribution in [3.05, 3.63) is 72.1 Å². The van der Waals surface area contributed by atoms with Gasteiger partial charge in [-0.2, -0.15) is 5.26 Å². The SMILES string of the molecule is CCC(CC)COC(=O)C(C#N)c1nc2ccccc2nc1N1CCN(C=Cc2ccccc2)CC1. The molecule has 36 heavy (non-hydrogen) atoms. The van der Waals surface area contributed by atoms with E-state index in [1.54, 1.807) is 0 Å². The van der Waals surface area contributed by atoms with Crippen LogP contribution < -0.4 is 4.90 Å². The molecule has 0 aliphatic carbocycles. The van der Waals surface area contributed by atoms with Crippen molar-refractivity contribution in [2.24, 2.45) is 5.92 Å². The van der Waals surface area contributed by atoms with E-state index in [4.69, 9.17) is 14.7 Å². The summed E-state index contributed by atoms with van der Waals surface area (Å²) in [6.45, 7) is 7.48. The topological polar surface area (TPSA) is 82.3 Å². The molecule has 0 N–H and O–H groups in total. The zero-order chi connectivity index (χ0) is 25.3. The summed E-state index contributed by atoms with van der Waals surface area (Å²) in [6.07, 6.45) is 6.07. The van der Waals surface area contributed by atoms with E-state index in [2.05, 4.69) is 54.1 Å². The van der Waals surface area contributed by atoms with Crippen LogP contribution in [-0.2, 0) is 9.53 Å². The molecule has 1 fully saturated rings. The minimum Gasteiger partial charge on any atom is -0.464 e. The van der Waals surface area contributed by atoms with Gasteiger partial charge in [0.1, 0.15) is 5.69 Å². The lowest BCUT2D eigenvalue weighted by Crippen LogP contribution is -2.45. The molecule has 4 rings (SSSR count). The van der Waals surface area contributed by atoms with Crippen molar-refractivity contribution >= 4 is 28.9 Å². The van der Waals surface area contributed by atoms with Crippen LogP contribution in [0.1, 0.15) is 43.9 Å². The fraction of sp³-hybridized carbons (Fsp3) is 0.379. The van der Waals surface area contributed by atoms with Gasteiger partial charge in [0.05, 0.1) is 23.7 Å². The van der Waals surface area contributed by atoms with E-state index < -0.39 is 11.9 Å². The predicted molar refractivity (Wildman–Crippen MR) is 142 cm³/mol. The Morgan fingerprint density at radius 2 is 1.64 bits per heavy atom. The van der Waals surface area contributed by atoms with Gasteiger partial charge in [-0.15, -0.1) is 0 Å². The number of esters is 1. The van der Waals surface area contributed by atoms with E-state index in [1.807, 2.05) is 42.5 Å². The maximum absolute atomic E-state index is 13.0. The molecule has 186 valence electrons. The Morgan fingerprint density at radius 3 is 2.28 bits per heavy atom. The third kappa shape index (κ3) is 6.01. The first kappa shape index (κ1) is 25.2. The summed E-state index contributed by atoms with van der Waals surface area (Å²) in [5.41, 5.74) is 2.93. The maximum Gasteiger partial charge on any atom is 0.329 e. The lowest BCUT2D eigenvalue weighted by atomic mass is 10.0. The molecular formula is C29H33N5O2. The Bertz CT molecular complexity index is 1230. The number of ether oxygens (including phenoxy) is 1. The molecule has 0 spiro atoms. The Hall–Kier alpha value is -3.92. The summed E-state index contributed by atoms with van der Waals surface area (Å²) >= 11 is 0. The molecule has 0 amide bonds. The highest BCUT2D eigenvalue weighted by atomic mass is 16.5. The molecule has 3 aromatic rings. The highest BCUT2D eigenvalue weighted by molar-refractivity contribution is 5.85. The number of anilines is 1. The minimum absolute atomic E-state index is 0.285. The summed E-state index contributed by atoms with van der Waals surface area (Å²) in [7, 11) is 0. The van der Waals surface area contributed by atoms with Crippen LogP contribution >= 0.6 is 0 Å². The van der Waals surface area contributed by atoms with E-state index in [-0.39, 0.29) is 5.92 Å². The van der Waals surface area contributed by atoms with Gasteiger partial charge >= 0.3 is 5.97 Å². The van der Waals surface area contributed by atoms with Crippen LogP contribution in [-0.4, -0.2) is 53.6 Å². The number of benzene rings is 2. The lowest BCUT2D eigenvalue weighted by Gasteiger charge is -2.35. The molecule has 7 heteroatoms. The largest absolute Gasteiger partial charge is 0.464 e. The quantitative estimate of drug-likeness (QED) is 0.396. The van der Waals surface area contributed by atoms with E-state index in [0.29, 0.717) is 36.7 Å². The molecule has 1 atom stereocenters. The Kier molecular flexibility index (Phi) is 8.51. The van der Waals surface area contributed by atoms with Gasteiger partial charge in [-0.25, -0.2) is 9.97 Å². The number of aromatic nitrogens is 2. The average Bonchev–Trinajstić information content (AvgIpc) is 2.93. The monoisotopic (exact) mass is 483 g/mol. The van der Waals surface area contributed by atoms with Gasteiger partial charge < -0.3 is 14.5 Å². The van der Waals surface area contributed by atoms with Crippen molar-refractivity contribution in [1.82, 2.24) is 14.9 Å². The van der Waals surface area contributed by atoms with E-state index >= 15 is 0 Å². The third-order valence-electron chi connectivity index (χ3n) is 6.72. The van der Waals surface area contributed by atoms with E-state index in [0.717, 1.165) is 37.0 Å². The van der Waals surface area contributed by atoms with E-state index in [9.17, 15) is 10.1 Å². The highest BCUT2D eigenvalue weighted by Gasteiger charge is 2.31. The van der Waals surface area contributed by atoms with Gasteiger partial charge in [0, 0.05) is 26.2 Å².